The molecule has 0 aliphatic carbocycles. The molecule has 0 aliphatic rings. The van der Waals surface area contributed by atoms with E-state index in [9.17, 15) is 0 Å². The van der Waals surface area contributed by atoms with Crippen molar-refractivity contribution in [3.63, 3.8) is 0 Å². The van der Waals surface area contributed by atoms with Gasteiger partial charge in [0, 0.05) is 24.7 Å². The second-order valence-electron chi connectivity index (χ2n) is 4.10. The van der Waals surface area contributed by atoms with Crippen LogP contribution in [0, 0.1) is 0 Å². The van der Waals surface area contributed by atoms with Crippen LogP contribution in [0.2, 0.25) is 0 Å². The van der Waals surface area contributed by atoms with Crippen molar-refractivity contribution in [3.8, 4) is 17.2 Å². The third-order valence-corrected chi connectivity index (χ3v) is 2.62. The quantitative estimate of drug-likeness (QED) is 0.777. The summed E-state index contributed by atoms with van der Waals surface area (Å²) < 4.78 is 15.8. The zero-order valence-electron chi connectivity index (χ0n) is 11.4. The molecule has 0 aromatic heterocycles. The van der Waals surface area contributed by atoms with Crippen molar-refractivity contribution in [2.24, 2.45) is 5.73 Å². The number of rotatable bonds is 7. The molecule has 0 saturated carbocycles. The first-order chi connectivity index (χ1) is 8.62. The van der Waals surface area contributed by atoms with E-state index in [1.165, 1.54) is 0 Å². The van der Waals surface area contributed by atoms with Gasteiger partial charge in [-0.1, -0.05) is 0 Å². The van der Waals surface area contributed by atoms with Crippen LogP contribution in [0.4, 0.5) is 5.69 Å². The van der Waals surface area contributed by atoms with E-state index in [1.807, 2.05) is 13.0 Å². The third kappa shape index (κ3) is 3.70. The van der Waals surface area contributed by atoms with Gasteiger partial charge in [-0.25, -0.2) is 0 Å². The van der Waals surface area contributed by atoms with Crippen LogP contribution >= 0.6 is 0 Å². The maximum absolute atomic E-state index is 5.71. The highest BCUT2D eigenvalue weighted by Crippen LogP contribution is 2.37. The van der Waals surface area contributed by atoms with E-state index in [2.05, 4.69) is 5.32 Å². The lowest BCUT2D eigenvalue weighted by atomic mass is 10.2. The number of anilines is 1. The van der Waals surface area contributed by atoms with Crippen molar-refractivity contribution in [2.45, 2.75) is 19.4 Å². The number of ether oxygens (including phenoxy) is 3. The minimum atomic E-state index is 0.170. The molecule has 102 valence electrons. The van der Waals surface area contributed by atoms with Crippen molar-refractivity contribution in [1.82, 2.24) is 0 Å². The van der Waals surface area contributed by atoms with Crippen LogP contribution < -0.4 is 25.3 Å². The molecule has 0 amide bonds. The van der Waals surface area contributed by atoms with E-state index in [0.717, 1.165) is 24.4 Å². The molecule has 5 heteroatoms. The molecule has 5 nitrogen and oxygen atoms in total. The largest absolute Gasteiger partial charge is 0.494 e. The summed E-state index contributed by atoms with van der Waals surface area (Å²) >= 11 is 0. The van der Waals surface area contributed by atoms with E-state index in [4.69, 9.17) is 19.9 Å². The fourth-order valence-corrected chi connectivity index (χ4v) is 1.60. The lowest BCUT2D eigenvalue weighted by Crippen LogP contribution is -2.19. The van der Waals surface area contributed by atoms with Gasteiger partial charge >= 0.3 is 0 Å². The fraction of sp³-hybridized carbons (Fsp3) is 0.538. The van der Waals surface area contributed by atoms with Crippen LogP contribution in [0.25, 0.3) is 0 Å². The monoisotopic (exact) mass is 254 g/mol. The van der Waals surface area contributed by atoms with Crippen LogP contribution in [0.3, 0.4) is 0 Å². The molecule has 18 heavy (non-hydrogen) atoms. The van der Waals surface area contributed by atoms with Gasteiger partial charge < -0.3 is 25.3 Å². The summed E-state index contributed by atoms with van der Waals surface area (Å²) in [6.07, 6.45) is 0.886. The second-order valence-corrected chi connectivity index (χ2v) is 4.10. The van der Waals surface area contributed by atoms with Gasteiger partial charge in [0.2, 0.25) is 0 Å². The normalized spacial score (nSPS) is 11.8. The second kappa shape index (κ2) is 6.96. The van der Waals surface area contributed by atoms with E-state index in [1.54, 1.807) is 27.4 Å². The van der Waals surface area contributed by atoms with Crippen LogP contribution in [0.15, 0.2) is 12.1 Å². The van der Waals surface area contributed by atoms with E-state index < -0.39 is 0 Å². The fourth-order valence-electron chi connectivity index (χ4n) is 1.60. The van der Waals surface area contributed by atoms with Gasteiger partial charge in [-0.15, -0.1) is 0 Å². The Balaban J connectivity index is 2.87. The predicted molar refractivity (Wildman–Crippen MR) is 72.9 cm³/mol. The number of methoxy groups -OCH3 is 3. The molecule has 1 rings (SSSR count). The number of nitrogens with two attached hydrogens (primary N) is 1. The maximum atomic E-state index is 5.71. The summed E-state index contributed by atoms with van der Waals surface area (Å²) in [5.41, 5.74) is 6.58. The summed E-state index contributed by atoms with van der Waals surface area (Å²) in [5.74, 6) is 2.03. The average molecular weight is 254 g/mol. The topological polar surface area (TPSA) is 65.7 Å². The molecule has 3 N–H and O–H groups in total. The summed E-state index contributed by atoms with van der Waals surface area (Å²) in [5, 5.41) is 3.28. The van der Waals surface area contributed by atoms with Crippen molar-refractivity contribution >= 4 is 5.69 Å². The molecule has 1 atom stereocenters. The molecule has 0 spiro atoms. The molecule has 0 radical (unpaired) electrons. The average Bonchev–Trinajstić information content (AvgIpc) is 2.37. The van der Waals surface area contributed by atoms with Crippen LogP contribution in [-0.4, -0.2) is 33.9 Å². The molecule has 0 saturated heterocycles. The number of hydrogen-bond acceptors (Lipinski definition) is 5. The Morgan fingerprint density at radius 2 is 1.61 bits per heavy atom. The number of hydrogen-bond donors (Lipinski definition) is 2. The summed E-state index contributed by atoms with van der Waals surface area (Å²) in [7, 11) is 4.83. The SMILES string of the molecule is COc1cc(OC)c(OC)cc1NCCC(C)N. The first-order valence-corrected chi connectivity index (χ1v) is 5.91. The molecular weight excluding hydrogens is 232 g/mol. The van der Waals surface area contributed by atoms with Crippen LogP contribution in [0.5, 0.6) is 17.2 Å². The smallest absolute Gasteiger partial charge is 0.164 e. The van der Waals surface area contributed by atoms with Crippen molar-refractivity contribution in [3.05, 3.63) is 12.1 Å². The molecule has 0 fully saturated rings. The highest BCUT2D eigenvalue weighted by atomic mass is 16.5. The lowest BCUT2D eigenvalue weighted by molar-refractivity contribution is 0.349. The Morgan fingerprint density at radius 3 is 2.11 bits per heavy atom. The Labute approximate surface area is 108 Å². The van der Waals surface area contributed by atoms with Gasteiger partial charge in [-0.2, -0.15) is 0 Å². The highest BCUT2D eigenvalue weighted by Gasteiger charge is 2.11. The van der Waals surface area contributed by atoms with Gasteiger partial charge in [0.25, 0.3) is 0 Å². The van der Waals surface area contributed by atoms with Gasteiger partial charge in [0.05, 0.1) is 27.0 Å². The standard InChI is InChI=1S/C13H22N2O3/c1-9(14)5-6-15-10-7-12(17-3)13(18-4)8-11(10)16-2/h7-9,15H,5-6,14H2,1-4H3. The highest BCUT2D eigenvalue weighted by molar-refractivity contribution is 5.64. The van der Waals surface area contributed by atoms with E-state index in [0.29, 0.717) is 11.5 Å². The Morgan fingerprint density at radius 1 is 1.06 bits per heavy atom. The van der Waals surface area contributed by atoms with Crippen molar-refractivity contribution in [2.75, 3.05) is 33.2 Å². The molecule has 1 aromatic rings. The van der Waals surface area contributed by atoms with E-state index in [-0.39, 0.29) is 6.04 Å². The molecule has 0 heterocycles. The Kier molecular flexibility index (Phi) is 5.58. The Bertz CT molecular complexity index is 381. The van der Waals surface area contributed by atoms with Crippen molar-refractivity contribution < 1.29 is 14.2 Å². The van der Waals surface area contributed by atoms with E-state index >= 15 is 0 Å². The van der Waals surface area contributed by atoms with Gasteiger partial charge in [0.1, 0.15) is 5.75 Å². The zero-order chi connectivity index (χ0) is 13.5. The first-order valence-electron chi connectivity index (χ1n) is 5.91. The van der Waals surface area contributed by atoms with Gasteiger partial charge in [0.15, 0.2) is 11.5 Å². The number of benzene rings is 1. The van der Waals surface area contributed by atoms with Crippen LogP contribution in [-0.2, 0) is 0 Å². The minimum absolute atomic E-state index is 0.170. The summed E-state index contributed by atoms with van der Waals surface area (Å²) in [6, 6.07) is 3.83. The van der Waals surface area contributed by atoms with Crippen molar-refractivity contribution in [1.29, 1.82) is 0 Å². The molecule has 1 unspecified atom stereocenters. The Hall–Kier alpha value is -1.62. The van der Waals surface area contributed by atoms with Crippen LogP contribution in [0.1, 0.15) is 13.3 Å². The summed E-state index contributed by atoms with van der Waals surface area (Å²) in [4.78, 5) is 0. The van der Waals surface area contributed by atoms with Gasteiger partial charge in [-0.3, -0.25) is 0 Å². The first kappa shape index (κ1) is 14.4. The zero-order valence-corrected chi connectivity index (χ0v) is 11.4. The molecular formula is C13H22N2O3. The maximum Gasteiger partial charge on any atom is 0.164 e. The molecule has 0 aliphatic heterocycles. The van der Waals surface area contributed by atoms with Gasteiger partial charge in [-0.05, 0) is 13.3 Å². The lowest BCUT2D eigenvalue weighted by Gasteiger charge is -2.15. The molecule has 0 bridgehead atoms. The third-order valence-electron chi connectivity index (χ3n) is 2.62. The number of nitrogens with one attached hydrogen (secondary N) is 1. The molecule has 1 aromatic carbocycles. The summed E-state index contributed by atoms with van der Waals surface area (Å²) in [6.45, 7) is 2.76. The minimum Gasteiger partial charge on any atom is -0.494 e. The predicted octanol–water partition coefficient (Wildman–Crippen LogP) is 1.86.